The van der Waals surface area contributed by atoms with E-state index >= 15 is 0 Å². The summed E-state index contributed by atoms with van der Waals surface area (Å²) in [5, 5.41) is 0.753. The zero-order chi connectivity index (χ0) is 20.4. The Morgan fingerprint density at radius 2 is 1.79 bits per heavy atom. The van der Waals surface area contributed by atoms with E-state index in [-0.39, 0.29) is 18.0 Å². The van der Waals surface area contributed by atoms with Gasteiger partial charge in [-0.15, -0.1) is 0 Å². The molecular formula is C23H29ClN4O. The van der Waals surface area contributed by atoms with Gasteiger partial charge in [-0.05, 0) is 48.6 Å². The average molecular weight is 413 g/mol. The third-order valence-electron chi connectivity index (χ3n) is 6.09. The highest BCUT2D eigenvalue weighted by Gasteiger charge is 2.34. The Balaban J connectivity index is 1.33. The fraction of sp³-hybridized carbons (Fsp3) is 0.435. The van der Waals surface area contributed by atoms with Crippen LogP contribution in [0.5, 0.6) is 0 Å². The minimum Gasteiger partial charge on any atom is -0.368 e. The van der Waals surface area contributed by atoms with E-state index in [0.29, 0.717) is 0 Å². The van der Waals surface area contributed by atoms with Gasteiger partial charge in [0.1, 0.15) is 6.04 Å². The summed E-state index contributed by atoms with van der Waals surface area (Å²) in [5.41, 5.74) is 11.5. The Bertz CT molecular complexity index is 862. The summed E-state index contributed by atoms with van der Waals surface area (Å²) in [6.07, 6.45) is 1.82. The molecule has 154 valence electrons. The maximum atomic E-state index is 13.0. The van der Waals surface area contributed by atoms with Crippen molar-refractivity contribution in [3.8, 4) is 0 Å². The van der Waals surface area contributed by atoms with E-state index in [0.717, 1.165) is 44.0 Å². The summed E-state index contributed by atoms with van der Waals surface area (Å²) in [7, 11) is 0. The molecule has 4 rings (SSSR count). The molecule has 0 bridgehead atoms. The standard InChI is InChI=1S/C23H29ClN4O/c1-3-17-5-7-18(8-6-17)20-15-21(26-25-20)23(29)28-12-10-27(11-13-28)22-14-19(24)9-4-16(22)2/h4-9,14,20-21,25-26H,3,10-13,15H2,1-2H3. The Morgan fingerprint density at radius 1 is 1.07 bits per heavy atom. The Morgan fingerprint density at radius 3 is 2.48 bits per heavy atom. The predicted octanol–water partition coefficient (Wildman–Crippen LogP) is 3.47. The molecule has 2 unspecified atom stereocenters. The second-order valence-electron chi connectivity index (χ2n) is 7.97. The number of nitrogens with one attached hydrogen (secondary N) is 2. The Hall–Kier alpha value is -2.08. The van der Waals surface area contributed by atoms with E-state index in [9.17, 15) is 4.79 Å². The number of carbonyl (C=O) groups excluding carboxylic acids is 1. The fourth-order valence-corrected chi connectivity index (χ4v) is 4.40. The van der Waals surface area contributed by atoms with Crippen LogP contribution in [0.15, 0.2) is 42.5 Å². The van der Waals surface area contributed by atoms with Crippen LogP contribution in [-0.4, -0.2) is 43.0 Å². The lowest BCUT2D eigenvalue weighted by Gasteiger charge is -2.37. The number of piperazine rings is 1. The largest absolute Gasteiger partial charge is 0.368 e. The maximum absolute atomic E-state index is 13.0. The molecule has 2 atom stereocenters. The van der Waals surface area contributed by atoms with Gasteiger partial charge < -0.3 is 9.80 Å². The van der Waals surface area contributed by atoms with Crippen molar-refractivity contribution in [3.05, 3.63) is 64.2 Å². The monoisotopic (exact) mass is 412 g/mol. The number of rotatable bonds is 4. The lowest BCUT2D eigenvalue weighted by molar-refractivity contribution is -0.133. The van der Waals surface area contributed by atoms with Gasteiger partial charge in [0.15, 0.2) is 0 Å². The molecule has 0 saturated carbocycles. The first kappa shape index (κ1) is 20.2. The van der Waals surface area contributed by atoms with E-state index in [2.05, 4.69) is 59.9 Å². The van der Waals surface area contributed by atoms with Crippen molar-refractivity contribution in [2.24, 2.45) is 0 Å². The van der Waals surface area contributed by atoms with Crippen LogP contribution in [0.3, 0.4) is 0 Å². The molecule has 29 heavy (non-hydrogen) atoms. The topological polar surface area (TPSA) is 47.6 Å². The second-order valence-corrected chi connectivity index (χ2v) is 8.40. The summed E-state index contributed by atoms with van der Waals surface area (Å²) >= 11 is 6.18. The lowest BCUT2D eigenvalue weighted by atomic mass is 9.99. The number of anilines is 1. The van der Waals surface area contributed by atoms with Crippen molar-refractivity contribution in [2.45, 2.75) is 38.8 Å². The third-order valence-corrected chi connectivity index (χ3v) is 6.33. The molecule has 2 saturated heterocycles. The van der Waals surface area contributed by atoms with Crippen molar-refractivity contribution in [3.63, 3.8) is 0 Å². The summed E-state index contributed by atoms with van der Waals surface area (Å²) in [6.45, 7) is 7.39. The first-order valence-corrected chi connectivity index (χ1v) is 10.8. The van der Waals surface area contributed by atoms with Crippen molar-refractivity contribution in [2.75, 3.05) is 31.1 Å². The zero-order valence-corrected chi connectivity index (χ0v) is 17.9. The Kier molecular flexibility index (Phi) is 6.09. The number of hydrogen-bond donors (Lipinski definition) is 2. The highest BCUT2D eigenvalue weighted by Crippen LogP contribution is 2.27. The molecule has 0 radical (unpaired) electrons. The Labute approximate surface area is 178 Å². The van der Waals surface area contributed by atoms with Gasteiger partial charge in [0.25, 0.3) is 0 Å². The summed E-state index contributed by atoms with van der Waals surface area (Å²) in [6, 6.07) is 14.7. The SMILES string of the molecule is CCc1ccc(C2CC(C(=O)N3CCN(c4cc(Cl)ccc4C)CC3)NN2)cc1. The van der Waals surface area contributed by atoms with Gasteiger partial charge in [0, 0.05) is 42.9 Å². The third kappa shape index (κ3) is 4.42. The smallest absolute Gasteiger partial charge is 0.241 e. The number of aryl methyl sites for hydroxylation is 2. The summed E-state index contributed by atoms with van der Waals surface area (Å²) in [5.74, 6) is 0.188. The molecule has 2 aliphatic heterocycles. The molecule has 0 aliphatic carbocycles. The first-order valence-electron chi connectivity index (χ1n) is 10.4. The number of amides is 1. The quantitative estimate of drug-likeness (QED) is 0.807. The van der Waals surface area contributed by atoms with Crippen LogP contribution in [-0.2, 0) is 11.2 Å². The van der Waals surface area contributed by atoms with Crippen LogP contribution < -0.4 is 15.8 Å². The van der Waals surface area contributed by atoms with Crippen LogP contribution in [0.4, 0.5) is 5.69 Å². The first-order chi connectivity index (χ1) is 14.0. The molecule has 0 aromatic heterocycles. The molecule has 2 heterocycles. The van der Waals surface area contributed by atoms with Crippen molar-refractivity contribution < 1.29 is 4.79 Å². The number of hydrazine groups is 1. The molecular weight excluding hydrogens is 384 g/mol. The number of benzene rings is 2. The van der Waals surface area contributed by atoms with Gasteiger partial charge in [-0.25, -0.2) is 10.9 Å². The minimum absolute atomic E-state index is 0.172. The van der Waals surface area contributed by atoms with Gasteiger partial charge in [0.05, 0.1) is 0 Å². The van der Waals surface area contributed by atoms with E-state index < -0.39 is 0 Å². The van der Waals surface area contributed by atoms with Gasteiger partial charge in [-0.1, -0.05) is 48.9 Å². The van der Waals surface area contributed by atoms with Crippen LogP contribution in [0.25, 0.3) is 0 Å². The van der Waals surface area contributed by atoms with Gasteiger partial charge >= 0.3 is 0 Å². The maximum Gasteiger partial charge on any atom is 0.241 e. The number of hydrogen-bond acceptors (Lipinski definition) is 4. The molecule has 5 nitrogen and oxygen atoms in total. The molecule has 6 heteroatoms. The zero-order valence-electron chi connectivity index (χ0n) is 17.1. The fourth-order valence-electron chi connectivity index (χ4n) is 4.23. The highest BCUT2D eigenvalue weighted by molar-refractivity contribution is 6.30. The van der Waals surface area contributed by atoms with E-state index in [1.165, 1.54) is 22.4 Å². The summed E-state index contributed by atoms with van der Waals surface area (Å²) < 4.78 is 0. The molecule has 0 spiro atoms. The van der Waals surface area contributed by atoms with Crippen LogP contribution >= 0.6 is 11.6 Å². The molecule has 2 aromatic carbocycles. The molecule has 2 N–H and O–H groups in total. The van der Waals surface area contributed by atoms with Crippen LogP contribution in [0, 0.1) is 6.92 Å². The second kappa shape index (κ2) is 8.74. The van der Waals surface area contributed by atoms with Crippen LogP contribution in [0.2, 0.25) is 5.02 Å². The van der Waals surface area contributed by atoms with Gasteiger partial charge in [-0.2, -0.15) is 0 Å². The molecule has 2 aromatic rings. The van der Waals surface area contributed by atoms with E-state index in [1.54, 1.807) is 0 Å². The van der Waals surface area contributed by atoms with Crippen molar-refractivity contribution >= 4 is 23.2 Å². The molecule has 2 fully saturated rings. The average Bonchev–Trinajstić information content (AvgIpc) is 3.25. The highest BCUT2D eigenvalue weighted by atomic mass is 35.5. The van der Waals surface area contributed by atoms with E-state index in [4.69, 9.17) is 11.6 Å². The molecule has 1 amide bonds. The number of carbonyl (C=O) groups is 1. The lowest BCUT2D eigenvalue weighted by Crippen LogP contribution is -2.53. The van der Waals surface area contributed by atoms with Gasteiger partial charge in [-0.3, -0.25) is 4.79 Å². The number of nitrogens with zero attached hydrogens (tertiary/aromatic N) is 2. The summed E-state index contributed by atoms with van der Waals surface area (Å²) in [4.78, 5) is 17.3. The van der Waals surface area contributed by atoms with Crippen LogP contribution in [0.1, 0.15) is 36.1 Å². The van der Waals surface area contributed by atoms with Crippen molar-refractivity contribution in [1.82, 2.24) is 15.8 Å². The normalized spacial score (nSPS) is 22.2. The predicted molar refractivity (Wildman–Crippen MR) is 118 cm³/mol. The number of halogens is 1. The van der Waals surface area contributed by atoms with E-state index in [1.807, 2.05) is 17.0 Å². The van der Waals surface area contributed by atoms with Gasteiger partial charge in [0.2, 0.25) is 5.91 Å². The van der Waals surface area contributed by atoms with Crippen molar-refractivity contribution in [1.29, 1.82) is 0 Å². The minimum atomic E-state index is -0.176. The molecule has 2 aliphatic rings.